The summed E-state index contributed by atoms with van der Waals surface area (Å²) in [5.41, 5.74) is 0.848. The molecule has 0 amide bonds. The van der Waals surface area contributed by atoms with Gasteiger partial charge in [0.1, 0.15) is 6.26 Å². The minimum absolute atomic E-state index is 0.569. The van der Waals surface area contributed by atoms with Gasteiger partial charge in [0.25, 0.3) is 0 Å². The van der Waals surface area contributed by atoms with E-state index >= 15 is 0 Å². The maximum atomic E-state index is 5.48. The summed E-state index contributed by atoms with van der Waals surface area (Å²) >= 11 is 1.61. The molecule has 0 bridgehead atoms. The van der Waals surface area contributed by atoms with E-state index in [2.05, 4.69) is 20.6 Å². The molecule has 0 aliphatic heterocycles. The van der Waals surface area contributed by atoms with Gasteiger partial charge in [-0.15, -0.1) is 11.3 Å². The fourth-order valence-corrected chi connectivity index (χ4v) is 2.48. The smallest absolute Gasteiger partial charge is 0.236 e. The highest BCUT2D eigenvalue weighted by molar-refractivity contribution is 7.13. The fourth-order valence-electron chi connectivity index (χ4n) is 1.82. The largest absolute Gasteiger partial charge is 0.443 e. The predicted octanol–water partition coefficient (Wildman–Crippen LogP) is 2.49. The van der Waals surface area contributed by atoms with Crippen molar-refractivity contribution in [3.05, 3.63) is 29.5 Å². The molecule has 0 saturated heterocycles. The maximum absolute atomic E-state index is 5.48. The molecule has 22 heavy (non-hydrogen) atoms. The quantitative estimate of drug-likeness (QED) is 0.444. The molecule has 0 fully saturated rings. The third kappa shape index (κ3) is 5.16. The minimum Gasteiger partial charge on any atom is -0.443 e. The fraction of sp³-hybridized carbons (Fsp3) is 0.467. The summed E-state index contributed by atoms with van der Waals surface area (Å²) in [6.45, 7) is 4.90. The molecular formula is C15H22N4O2S. The van der Waals surface area contributed by atoms with Gasteiger partial charge in [-0.3, -0.25) is 4.99 Å². The van der Waals surface area contributed by atoms with Crippen LogP contribution in [-0.2, 0) is 11.3 Å². The van der Waals surface area contributed by atoms with Crippen LogP contribution in [0.3, 0.4) is 0 Å². The van der Waals surface area contributed by atoms with E-state index in [0.717, 1.165) is 42.7 Å². The lowest BCUT2D eigenvalue weighted by Crippen LogP contribution is -2.37. The maximum Gasteiger partial charge on any atom is 0.236 e. The van der Waals surface area contributed by atoms with Gasteiger partial charge in [0.15, 0.2) is 5.96 Å². The number of guanidine groups is 1. The Balaban J connectivity index is 1.74. The van der Waals surface area contributed by atoms with Crippen LogP contribution in [0, 0.1) is 0 Å². The number of aromatic nitrogens is 1. The lowest BCUT2D eigenvalue weighted by atomic mass is 10.4. The van der Waals surface area contributed by atoms with Gasteiger partial charge in [0, 0.05) is 26.8 Å². The van der Waals surface area contributed by atoms with Crippen molar-refractivity contribution in [1.82, 2.24) is 15.6 Å². The van der Waals surface area contributed by atoms with E-state index in [1.165, 1.54) is 0 Å². The molecule has 2 aromatic heterocycles. The van der Waals surface area contributed by atoms with E-state index in [1.807, 2.05) is 24.4 Å². The van der Waals surface area contributed by atoms with E-state index < -0.39 is 0 Å². The van der Waals surface area contributed by atoms with Crippen molar-refractivity contribution >= 4 is 17.3 Å². The van der Waals surface area contributed by atoms with Crippen molar-refractivity contribution in [2.75, 3.05) is 26.8 Å². The molecule has 0 saturated carbocycles. The molecule has 2 N–H and O–H groups in total. The first-order valence-corrected chi connectivity index (χ1v) is 8.22. The summed E-state index contributed by atoms with van der Waals surface area (Å²) in [4.78, 5) is 9.67. The number of nitrogens with one attached hydrogen (secondary N) is 2. The average Bonchev–Trinajstić information content (AvgIpc) is 3.20. The molecule has 120 valence electrons. The first-order valence-electron chi connectivity index (χ1n) is 7.34. The van der Waals surface area contributed by atoms with Crippen LogP contribution in [0.4, 0.5) is 0 Å². The number of thiophene rings is 1. The van der Waals surface area contributed by atoms with Crippen molar-refractivity contribution in [2.45, 2.75) is 19.9 Å². The second-order valence-electron chi connectivity index (χ2n) is 4.52. The van der Waals surface area contributed by atoms with Crippen LogP contribution in [0.5, 0.6) is 0 Å². The Morgan fingerprint density at radius 2 is 2.36 bits per heavy atom. The molecule has 0 aliphatic rings. The van der Waals surface area contributed by atoms with Crippen LogP contribution < -0.4 is 10.6 Å². The van der Waals surface area contributed by atoms with Gasteiger partial charge in [-0.05, 0) is 24.8 Å². The van der Waals surface area contributed by atoms with Gasteiger partial charge < -0.3 is 19.8 Å². The van der Waals surface area contributed by atoms with Gasteiger partial charge in [0.2, 0.25) is 5.89 Å². The molecule has 2 rings (SSSR count). The highest BCUT2D eigenvalue weighted by Gasteiger charge is 2.07. The zero-order chi connectivity index (χ0) is 15.6. The highest BCUT2D eigenvalue weighted by atomic mass is 32.1. The highest BCUT2D eigenvalue weighted by Crippen LogP contribution is 2.23. The summed E-state index contributed by atoms with van der Waals surface area (Å²) in [5, 5.41) is 8.46. The number of oxazole rings is 1. The van der Waals surface area contributed by atoms with E-state index in [-0.39, 0.29) is 0 Å². The molecule has 2 aromatic rings. The Kier molecular flexibility index (Phi) is 6.92. The SMILES string of the molecule is CCOCCCNC(=NC)NCc1coc(-c2cccs2)n1. The first-order chi connectivity index (χ1) is 10.8. The van der Waals surface area contributed by atoms with Crippen LogP contribution in [0.1, 0.15) is 19.0 Å². The van der Waals surface area contributed by atoms with Crippen LogP contribution in [0.25, 0.3) is 10.8 Å². The normalized spacial score (nSPS) is 11.6. The summed E-state index contributed by atoms with van der Waals surface area (Å²) in [7, 11) is 1.75. The first kappa shape index (κ1) is 16.5. The average molecular weight is 322 g/mol. The Bertz CT molecular complexity index is 566. The number of nitrogens with zero attached hydrogens (tertiary/aromatic N) is 2. The third-order valence-corrected chi connectivity index (χ3v) is 3.76. The van der Waals surface area contributed by atoms with Gasteiger partial charge >= 0.3 is 0 Å². The number of hydrogen-bond donors (Lipinski definition) is 2. The standard InChI is InChI=1S/C15H22N4O2S/c1-3-20-8-5-7-17-15(16-2)18-10-12-11-21-14(19-12)13-6-4-9-22-13/h4,6,9,11H,3,5,7-8,10H2,1-2H3,(H2,16,17,18). The number of rotatable bonds is 8. The van der Waals surface area contributed by atoms with E-state index in [0.29, 0.717) is 12.4 Å². The van der Waals surface area contributed by atoms with Crippen molar-refractivity contribution < 1.29 is 9.15 Å². The van der Waals surface area contributed by atoms with Crippen molar-refractivity contribution in [3.8, 4) is 10.8 Å². The molecular weight excluding hydrogens is 300 g/mol. The molecule has 0 aliphatic carbocycles. The third-order valence-electron chi connectivity index (χ3n) is 2.91. The summed E-state index contributed by atoms with van der Waals surface area (Å²) < 4.78 is 10.8. The van der Waals surface area contributed by atoms with Crippen LogP contribution in [-0.4, -0.2) is 37.7 Å². The van der Waals surface area contributed by atoms with Gasteiger partial charge in [-0.25, -0.2) is 4.98 Å². The van der Waals surface area contributed by atoms with Crippen molar-refractivity contribution in [2.24, 2.45) is 4.99 Å². The van der Waals surface area contributed by atoms with Crippen molar-refractivity contribution in [1.29, 1.82) is 0 Å². The van der Waals surface area contributed by atoms with Gasteiger partial charge in [0.05, 0.1) is 17.1 Å². The Labute approximate surface area is 134 Å². The molecule has 7 heteroatoms. The van der Waals surface area contributed by atoms with Gasteiger partial charge in [-0.2, -0.15) is 0 Å². The second-order valence-corrected chi connectivity index (χ2v) is 5.47. The Morgan fingerprint density at radius 3 is 3.09 bits per heavy atom. The summed E-state index contributed by atoms with van der Waals surface area (Å²) in [6.07, 6.45) is 2.62. The van der Waals surface area contributed by atoms with Crippen molar-refractivity contribution in [3.63, 3.8) is 0 Å². The number of hydrogen-bond acceptors (Lipinski definition) is 5. The predicted molar refractivity (Wildman–Crippen MR) is 89.1 cm³/mol. The lowest BCUT2D eigenvalue weighted by Gasteiger charge is -2.10. The number of aliphatic imine (C=N–C) groups is 1. The molecule has 0 aromatic carbocycles. The molecule has 2 heterocycles. The Hall–Kier alpha value is -1.86. The van der Waals surface area contributed by atoms with Crippen LogP contribution in [0.15, 0.2) is 33.2 Å². The Morgan fingerprint density at radius 1 is 1.45 bits per heavy atom. The molecule has 0 atom stereocenters. The molecule has 6 nitrogen and oxygen atoms in total. The number of ether oxygens (including phenoxy) is 1. The van der Waals surface area contributed by atoms with E-state index in [4.69, 9.17) is 9.15 Å². The molecule has 0 unspecified atom stereocenters. The lowest BCUT2D eigenvalue weighted by molar-refractivity contribution is 0.145. The zero-order valence-electron chi connectivity index (χ0n) is 13.0. The van der Waals surface area contributed by atoms with E-state index in [9.17, 15) is 0 Å². The topological polar surface area (TPSA) is 71.7 Å². The van der Waals surface area contributed by atoms with E-state index in [1.54, 1.807) is 24.6 Å². The minimum atomic E-state index is 0.569. The van der Waals surface area contributed by atoms with Crippen LogP contribution >= 0.6 is 11.3 Å². The van der Waals surface area contributed by atoms with Crippen LogP contribution in [0.2, 0.25) is 0 Å². The second kappa shape index (κ2) is 9.22. The monoisotopic (exact) mass is 322 g/mol. The van der Waals surface area contributed by atoms with Gasteiger partial charge in [-0.1, -0.05) is 6.07 Å². The molecule has 0 radical (unpaired) electrons. The summed E-state index contributed by atoms with van der Waals surface area (Å²) in [6, 6.07) is 3.97. The molecule has 0 spiro atoms. The zero-order valence-corrected chi connectivity index (χ0v) is 13.8. The summed E-state index contributed by atoms with van der Waals surface area (Å²) in [5.74, 6) is 1.41.